The van der Waals surface area contributed by atoms with Crippen LogP contribution in [-0.2, 0) is 0 Å². The number of ether oxygens (including phenoxy) is 2. The van der Waals surface area contributed by atoms with Crippen molar-refractivity contribution in [2.75, 3.05) is 6.54 Å². The fourth-order valence-corrected chi connectivity index (χ4v) is 5.26. The molecule has 0 aliphatic heterocycles. The Hall–Kier alpha value is -3.02. The molecule has 0 radical (unpaired) electrons. The normalized spacial score (nSPS) is 21.4. The topological polar surface area (TPSA) is 76.7 Å². The molecule has 34 heavy (non-hydrogen) atoms. The molecule has 2 aromatic rings. The van der Waals surface area contributed by atoms with Crippen LogP contribution in [0, 0.1) is 38.5 Å². The average molecular weight is 467 g/mol. The lowest BCUT2D eigenvalue weighted by molar-refractivity contribution is 0.0701. The number of carbonyl (C=O) groups excluding carboxylic acids is 2. The molecule has 0 heterocycles. The van der Waals surface area contributed by atoms with Gasteiger partial charge in [0.1, 0.15) is 11.5 Å². The highest BCUT2D eigenvalue weighted by Crippen LogP contribution is 2.45. The first-order valence-electron chi connectivity index (χ1n) is 11.9. The Morgan fingerprint density at radius 2 is 1.38 bits per heavy atom. The van der Waals surface area contributed by atoms with Crippen molar-refractivity contribution in [3.8, 4) is 11.5 Å². The first-order chi connectivity index (χ1) is 15.9. The Labute approximate surface area is 203 Å². The predicted molar refractivity (Wildman–Crippen MR) is 135 cm³/mol. The van der Waals surface area contributed by atoms with E-state index < -0.39 is 12.2 Å². The van der Waals surface area contributed by atoms with E-state index in [1.165, 1.54) is 0 Å². The number of benzene rings is 2. The zero-order chi connectivity index (χ0) is 25.1. The predicted octanol–water partition coefficient (Wildman–Crippen LogP) is 6.38. The van der Waals surface area contributed by atoms with Gasteiger partial charge in [-0.05, 0) is 92.2 Å². The zero-order valence-electron chi connectivity index (χ0n) is 21.5. The molecule has 0 bridgehead atoms. The second-order valence-electron chi connectivity index (χ2n) is 10.9. The molecule has 1 saturated carbocycles. The molecule has 6 nitrogen and oxygen atoms in total. The molecule has 184 valence electrons. The van der Waals surface area contributed by atoms with E-state index in [9.17, 15) is 9.59 Å². The third-order valence-electron chi connectivity index (χ3n) is 6.94. The maximum absolute atomic E-state index is 12.7. The van der Waals surface area contributed by atoms with Gasteiger partial charge in [0.05, 0.1) is 0 Å². The molecule has 2 N–H and O–H groups in total. The smallest absolute Gasteiger partial charge is 0.410 e. The van der Waals surface area contributed by atoms with Crippen LogP contribution in [0.4, 0.5) is 9.59 Å². The number of nitrogens with one attached hydrogen (secondary N) is 2. The number of hydrogen-bond acceptors (Lipinski definition) is 4. The Morgan fingerprint density at radius 3 is 1.94 bits per heavy atom. The molecule has 2 atom stereocenters. The summed E-state index contributed by atoms with van der Waals surface area (Å²) in [6, 6.07) is 11.3. The van der Waals surface area contributed by atoms with Crippen LogP contribution in [-0.4, -0.2) is 24.8 Å². The highest BCUT2D eigenvalue weighted by atomic mass is 16.6. The van der Waals surface area contributed by atoms with Gasteiger partial charge in [0.2, 0.25) is 0 Å². The maximum atomic E-state index is 12.7. The molecular formula is C28H38N2O4. The molecule has 0 aromatic heterocycles. The molecule has 0 saturated heterocycles. The molecule has 1 aliphatic rings. The monoisotopic (exact) mass is 466 g/mol. The van der Waals surface area contributed by atoms with Crippen LogP contribution in [0.15, 0.2) is 36.4 Å². The van der Waals surface area contributed by atoms with E-state index in [0.717, 1.165) is 41.5 Å². The Kier molecular flexibility index (Phi) is 7.59. The van der Waals surface area contributed by atoms with E-state index >= 15 is 0 Å². The van der Waals surface area contributed by atoms with Crippen molar-refractivity contribution in [3.05, 3.63) is 58.7 Å². The second kappa shape index (κ2) is 10.1. The van der Waals surface area contributed by atoms with Crippen molar-refractivity contribution in [1.82, 2.24) is 10.6 Å². The molecule has 6 heteroatoms. The fraction of sp³-hybridized carbons (Fsp3) is 0.500. The number of amides is 2. The van der Waals surface area contributed by atoms with Crippen LogP contribution >= 0.6 is 0 Å². The SMILES string of the molecule is Cc1cccc(OC(=O)NCC2(C)CC(NC(=O)Oc3cccc(C)c3C)CC(C)(C)C2)c1C. The van der Waals surface area contributed by atoms with Gasteiger partial charge in [-0.25, -0.2) is 9.59 Å². The summed E-state index contributed by atoms with van der Waals surface area (Å²) in [4.78, 5) is 25.2. The average Bonchev–Trinajstić information content (AvgIpc) is 2.72. The zero-order valence-corrected chi connectivity index (χ0v) is 21.5. The lowest BCUT2D eigenvalue weighted by atomic mass is 9.62. The minimum Gasteiger partial charge on any atom is -0.410 e. The van der Waals surface area contributed by atoms with Gasteiger partial charge in [-0.15, -0.1) is 0 Å². The molecular weight excluding hydrogens is 428 g/mol. The molecule has 3 rings (SSSR count). The van der Waals surface area contributed by atoms with Gasteiger partial charge >= 0.3 is 12.2 Å². The first-order valence-corrected chi connectivity index (χ1v) is 11.9. The first kappa shape index (κ1) is 25.6. The van der Waals surface area contributed by atoms with Gasteiger partial charge in [-0.2, -0.15) is 0 Å². The van der Waals surface area contributed by atoms with Crippen molar-refractivity contribution < 1.29 is 19.1 Å². The van der Waals surface area contributed by atoms with Gasteiger partial charge in [-0.1, -0.05) is 45.0 Å². The van der Waals surface area contributed by atoms with Crippen LogP contribution in [0.1, 0.15) is 62.3 Å². The lowest BCUT2D eigenvalue weighted by Gasteiger charge is -2.46. The molecule has 1 aliphatic carbocycles. The van der Waals surface area contributed by atoms with Gasteiger partial charge in [0, 0.05) is 12.6 Å². The summed E-state index contributed by atoms with van der Waals surface area (Å²) in [5, 5.41) is 6.01. The maximum Gasteiger partial charge on any atom is 0.412 e. The van der Waals surface area contributed by atoms with Gasteiger partial charge in [-0.3, -0.25) is 0 Å². The van der Waals surface area contributed by atoms with Crippen LogP contribution in [0.25, 0.3) is 0 Å². The molecule has 0 spiro atoms. The Bertz CT molecular complexity index is 1060. The summed E-state index contributed by atoms with van der Waals surface area (Å²) in [6.07, 6.45) is 1.60. The highest BCUT2D eigenvalue weighted by molar-refractivity contribution is 5.72. The standard InChI is InChI=1S/C28H38N2O4/c1-18-10-8-12-23(20(18)3)33-25(31)29-17-28(7)15-22(14-27(5,6)16-28)30-26(32)34-24-13-9-11-19(2)21(24)4/h8-13,22H,14-17H2,1-7H3,(H,29,31)(H,30,32). The number of carbonyl (C=O) groups is 2. The van der Waals surface area contributed by atoms with E-state index in [2.05, 4.69) is 31.4 Å². The molecule has 2 amide bonds. The van der Waals surface area contributed by atoms with E-state index in [1.54, 1.807) is 6.07 Å². The lowest BCUT2D eigenvalue weighted by Crippen LogP contribution is -2.51. The van der Waals surface area contributed by atoms with E-state index in [0.29, 0.717) is 18.0 Å². The fourth-order valence-electron chi connectivity index (χ4n) is 5.26. The van der Waals surface area contributed by atoms with E-state index in [4.69, 9.17) is 9.47 Å². The number of aryl methyl sites for hydroxylation is 2. The van der Waals surface area contributed by atoms with Crippen LogP contribution in [0.3, 0.4) is 0 Å². The largest absolute Gasteiger partial charge is 0.412 e. The van der Waals surface area contributed by atoms with Crippen molar-refractivity contribution in [2.45, 2.75) is 73.8 Å². The van der Waals surface area contributed by atoms with Crippen molar-refractivity contribution in [1.29, 1.82) is 0 Å². The van der Waals surface area contributed by atoms with Gasteiger partial charge in [0.15, 0.2) is 0 Å². The Balaban J connectivity index is 1.60. The van der Waals surface area contributed by atoms with Gasteiger partial charge < -0.3 is 20.1 Å². The van der Waals surface area contributed by atoms with Crippen LogP contribution in [0.5, 0.6) is 11.5 Å². The summed E-state index contributed by atoms with van der Waals surface area (Å²) in [5.41, 5.74) is 3.87. The number of hydrogen-bond donors (Lipinski definition) is 2. The number of rotatable bonds is 5. The minimum absolute atomic E-state index is 0.00289. The second-order valence-corrected chi connectivity index (χ2v) is 10.9. The van der Waals surface area contributed by atoms with Crippen LogP contribution < -0.4 is 20.1 Å². The molecule has 2 aromatic carbocycles. The summed E-state index contributed by atoms with van der Waals surface area (Å²) < 4.78 is 11.2. The molecule has 1 fully saturated rings. The quantitative estimate of drug-likeness (QED) is 0.536. The Morgan fingerprint density at radius 1 is 0.853 bits per heavy atom. The molecule has 2 unspecified atom stereocenters. The van der Waals surface area contributed by atoms with Gasteiger partial charge in [0.25, 0.3) is 0 Å². The van der Waals surface area contributed by atoms with Crippen molar-refractivity contribution >= 4 is 12.2 Å². The summed E-state index contributed by atoms with van der Waals surface area (Å²) >= 11 is 0. The van der Waals surface area contributed by atoms with E-state index in [1.807, 2.05) is 58.0 Å². The van der Waals surface area contributed by atoms with E-state index in [-0.39, 0.29) is 16.9 Å². The highest BCUT2D eigenvalue weighted by Gasteiger charge is 2.42. The third kappa shape index (κ3) is 6.52. The van der Waals surface area contributed by atoms with Crippen molar-refractivity contribution in [3.63, 3.8) is 0 Å². The summed E-state index contributed by atoms with van der Waals surface area (Å²) in [6.45, 7) is 14.9. The summed E-state index contributed by atoms with van der Waals surface area (Å²) in [5.74, 6) is 1.14. The van der Waals surface area contributed by atoms with Crippen molar-refractivity contribution in [2.24, 2.45) is 10.8 Å². The minimum atomic E-state index is -0.461. The third-order valence-corrected chi connectivity index (χ3v) is 6.94. The summed E-state index contributed by atoms with van der Waals surface area (Å²) in [7, 11) is 0. The van der Waals surface area contributed by atoms with Crippen LogP contribution in [0.2, 0.25) is 0 Å².